The summed E-state index contributed by atoms with van der Waals surface area (Å²) in [5, 5.41) is 31.4. The zero-order valence-corrected chi connectivity index (χ0v) is 17.0. The Kier molecular flexibility index (Phi) is 5.30. The topological polar surface area (TPSA) is 94.8 Å². The molecule has 3 atom stereocenters. The lowest BCUT2D eigenvalue weighted by Crippen LogP contribution is -2.44. The third kappa shape index (κ3) is 3.80. The first-order valence-electron chi connectivity index (χ1n) is 9.23. The van der Waals surface area contributed by atoms with Gasteiger partial charge < -0.3 is 15.3 Å². The van der Waals surface area contributed by atoms with Gasteiger partial charge in [-0.1, -0.05) is 18.2 Å². The van der Waals surface area contributed by atoms with Crippen molar-refractivity contribution in [1.29, 1.82) is 0 Å². The quantitative estimate of drug-likeness (QED) is 0.683. The molecule has 0 fully saturated rings. The third-order valence-electron chi connectivity index (χ3n) is 5.70. The van der Waals surface area contributed by atoms with Gasteiger partial charge in [0.05, 0.1) is 5.60 Å². The summed E-state index contributed by atoms with van der Waals surface area (Å²) in [5.74, 6) is 2.67. The summed E-state index contributed by atoms with van der Waals surface area (Å²) in [7, 11) is -2.68. The van der Waals surface area contributed by atoms with Crippen LogP contribution in [0.15, 0.2) is 46.1 Å². The van der Waals surface area contributed by atoms with E-state index in [4.69, 9.17) is 0 Å². The molecule has 28 heavy (non-hydrogen) atoms. The molecule has 6 heteroatoms. The number of rotatable bonds is 4. The van der Waals surface area contributed by atoms with Gasteiger partial charge in [0.15, 0.2) is 5.75 Å². The fourth-order valence-corrected chi connectivity index (χ4v) is 6.09. The summed E-state index contributed by atoms with van der Waals surface area (Å²) >= 11 is 0. The van der Waals surface area contributed by atoms with Crippen molar-refractivity contribution in [3.8, 4) is 11.5 Å². The molecule has 0 bridgehead atoms. The molecule has 0 aromatic heterocycles. The van der Waals surface area contributed by atoms with Gasteiger partial charge in [0.25, 0.3) is 0 Å². The van der Waals surface area contributed by atoms with Crippen LogP contribution in [-0.4, -0.2) is 36.8 Å². The molecule has 1 aliphatic rings. The Labute approximate surface area is 165 Å². The van der Waals surface area contributed by atoms with Crippen molar-refractivity contribution in [3.63, 3.8) is 0 Å². The Morgan fingerprint density at radius 2 is 1.82 bits per heavy atom. The highest BCUT2D eigenvalue weighted by atomic mass is 32.2. The number of aromatic hydroxyl groups is 2. The van der Waals surface area contributed by atoms with Crippen molar-refractivity contribution in [2.75, 3.05) is 5.75 Å². The summed E-state index contributed by atoms with van der Waals surface area (Å²) in [6.07, 6.45) is 1.36. The van der Waals surface area contributed by atoms with Crippen LogP contribution in [-0.2, 0) is 22.4 Å². The minimum Gasteiger partial charge on any atom is -0.504 e. The molecule has 0 saturated heterocycles. The first kappa shape index (κ1) is 20.4. The van der Waals surface area contributed by atoms with Gasteiger partial charge in [-0.05, 0) is 83.7 Å². The van der Waals surface area contributed by atoms with Gasteiger partial charge in [0.2, 0.25) is 11.2 Å². The Morgan fingerprint density at radius 3 is 2.46 bits per heavy atom. The molecule has 0 spiro atoms. The van der Waals surface area contributed by atoms with E-state index in [1.807, 2.05) is 6.07 Å². The van der Waals surface area contributed by atoms with Crippen LogP contribution in [0.5, 0.6) is 11.5 Å². The van der Waals surface area contributed by atoms with Gasteiger partial charge in [0.1, 0.15) is 0 Å². The average molecular weight is 403 g/mol. The lowest BCUT2D eigenvalue weighted by molar-refractivity contribution is 0.0146. The summed E-state index contributed by atoms with van der Waals surface area (Å²) in [6, 6.07) is 10.2. The van der Waals surface area contributed by atoms with Crippen LogP contribution >= 0.6 is 0 Å². The van der Waals surface area contributed by atoms with E-state index in [1.165, 1.54) is 6.07 Å². The Hall–Kier alpha value is -2.31. The van der Waals surface area contributed by atoms with E-state index in [-0.39, 0.29) is 17.4 Å². The van der Waals surface area contributed by atoms with Crippen molar-refractivity contribution in [1.82, 2.24) is 0 Å². The lowest BCUT2D eigenvalue weighted by atomic mass is 9.75. The molecule has 2 aromatic carbocycles. The molecule has 0 aliphatic heterocycles. The van der Waals surface area contributed by atoms with Crippen LogP contribution < -0.4 is 5.43 Å². The molecule has 3 unspecified atom stereocenters. The highest BCUT2D eigenvalue weighted by molar-refractivity contribution is 8.00. The molecule has 3 rings (SSSR count). The van der Waals surface area contributed by atoms with Gasteiger partial charge >= 0.3 is 0 Å². The van der Waals surface area contributed by atoms with Gasteiger partial charge in [-0.15, -0.1) is 0 Å². The van der Waals surface area contributed by atoms with E-state index >= 15 is 0 Å². The Morgan fingerprint density at radius 1 is 1.18 bits per heavy atom. The third-order valence-corrected chi connectivity index (χ3v) is 7.88. The second-order valence-corrected chi connectivity index (χ2v) is 10.3. The predicted octanol–water partition coefficient (Wildman–Crippen LogP) is 2.40. The van der Waals surface area contributed by atoms with Crippen molar-refractivity contribution in [2.45, 2.75) is 43.6 Å². The summed E-state index contributed by atoms with van der Waals surface area (Å²) in [6.45, 7) is 3.43. The average Bonchev–Trinajstić information content (AvgIpc) is 2.72. The van der Waals surface area contributed by atoms with Gasteiger partial charge in [-0.3, -0.25) is 9.00 Å². The Bertz CT molecular complexity index is 1060. The highest BCUT2D eigenvalue weighted by Crippen LogP contribution is 2.39. The second-order valence-electron chi connectivity index (χ2n) is 7.91. The molecule has 2 aromatic rings. The molecule has 0 saturated carbocycles. The summed E-state index contributed by atoms with van der Waals surface area (Å²) < 4.78 is 13.2. The molecular formula is C22H26O5S. The molecule has 0 radical (unpaired) electrons. The molecule has 150 valence electrons. The maximum atomic E-state index is 13.2. The summed E-state index contributed by atoms with van der Waals surface area (Å²) in [4.78, 5) is 12.5. The zero-order chi connectivity index (χ0) is 20.7. The van der Waals surface area contributed by atoms with E-state index in [0.717, 1.165) is 5.56 Å². The van der Waals surface area contributed by atoms with Crippen molar-refractivity contribution >= 4 is 15.4 Å². The smallest absolute Gasteiger partial charge is 0.224 e. The van der Waals surface area contributed by atoms with Crippen molar-refractivity contribution < 1.29 is 19.5 Å². The first-order valence-corrected chi connectivity index (χ1v) is 11.1. The fourth-order valence-electron chi connectivity index (χ4n) is 4.09. The maximum Gasteiger partial charge on any atom is 0.224 e. The zero-order valence-electron chi connectivity index (χ0n) is 16.1. The van der Waals surface area contributed by atoms with E-state index in [0.29, 0.717) is 35.3 Å². The number of fused-ring (bicyclic) bond motifs is 1. The van der Waals surface area contributed by atoms with Crippen LogP contribution in [0.1, 0.15) is 30.0 Å². The number of aliphatic hydroxyl groups is 1. The van der Waals surface area contributed by atoms with Crippen molar-refractivity contribution in [3.05, 3.63) is 63.3 Å². The predicted molar refractivity (Wildman–Crippen MR) is 112 cm³/mol. The molecule has 3 N–H and O–H groups in total. The SMILES string of the molecule is C=S(=O)(CC(C)(O)C1CCc2c(O)c(O)c(=O)cc(C)c2C1)c1ccccc1. The van der Waals surface area contributed by atoms with E-state index in [9.17, 15) is 24.3 Å². The second kappa shape index (κ2) is 7.26. The van der Waals surface area contributed by atoms with Crippen LogP contribution in [0.25, 0.3) is 0 Å². The normalized spacial score (nSPS) is 20.6. The van der Waals surface area contributed by atoms with Crippen LogP contribution in [0, 0.1) is 12.8 Å². The molecular weight excluding hydrogens is 376 g/mol. The molecule has 0 heterocycles. The van der Waals surface area contributed by atoms with E-state index < -0.39 is 26.3 Å². The van der Waals surface area contributed by atoms with Crippen LogP contribution in [0.2, 0.25) is 0 Å². The minimum atomic E-state index is -2.68. The maximum absolute atomic E-state index is 13.2. The van der Waals surface area contributed by atoms with Gasteiger partial charge in [-0.2, -0.15) is 0 Å². The number of hydrogen-bond donors (Lipinski definition) is 3. The summed E-state index contributed by atoms with van der Waals surface area (Å²) in [5.41, 5.74) is 0.0851. The van der Waals surface area contributed by atoms with Gasteiger partial charge in [0, 0.05) is 16.2 Å². The number of hydrogen-bond acceptors (Lipinski definition) is 5. The first-order chi connectivity index (χ1) is 13.0. The minimum absolute atomic E-state index is 0.0199. The van der Waals surface area contributed by atoms with E-state index in [2.05, 4.69) is 5.87 Å². The van der Waals surface area contributed by atoms with Crippen LogP contribution in [0.4, 0.5) is 0 Å². The van der Waals surface area contributed by atoms with Crippen LogP contribution in [0.3, 0.4) is 0 Å². The fraction of sp³-hybridized carbons (Fsp3) is 0.364. The van der Waals surface area contributed by atoms with E-state index in [1.54, 1.807) is 38.1 Å². The van der Waals surface area contributed by atoms with Crippen molar-refractivity contribution in [2.24, 2.45) is 5.92 Å². The monoisotopic (exact) mass is 402 g/mol. The number of aryl methyl sites for hydroxylation is 1. The number of benzene rings is 1. The molecule has 0 amide bonds. The lowest BCUT2D eigenvalue weighted by Gasteiger charge is -2.37. The largest absolute Gasteiger partial charge is 0.504 e. The molecule has 5 nitrogen and oxygen atoms in total. The standard InChI is InChI=1S/C22H26O5S/c1-14-11-19(23)21(25)20(24)17-10-9-15(12-18(14)17)22(2,26)13-28(3,27)16-7-5-4-6-8-16/h4-8,11,15,26H,3,9-10,12-13H2,1-2H3,(H2,23,24,25). The highest BCUT2D eigenvalue weighted by Gasteiger charge is 2.38. The Balaban J connectivity index is 1.94. The molecule has 1 aliphatic carbocycles. The van der Waals surface area contributed by atoms with Gasteiger partial charge in [-0.25, -0.2) is 0 Å².